The lowest BCUT2D eigenvalue weighted by atomic mass is 9.92. The zero-order valence-corrected chi connectivity index (χ0v) is 10.8. The van der Waals surface area contributed by atoms with Gasteiger partial charge in [0.2, 0.25) is 0 Å². The Hall–Kier alpha value is -2.44. The minimum atomic E-state index is -1.24. The number of aliphatic hydroxyl groups excluding tert-OH is 2. The van der Waals surface area contributed by atoms with E-state index in [-0.39, 0.29) is 23.0 Å². The quantitative estimate of drug-likeness (QED) is 0.507. The Morgan fingerprint density at radius 1 is 0.857 bits per heavy atom. The molecule has 6 nitrogen and oxygen atoms in total. The summed E-state index contributed by atoms with van der Waals surface area (Å²) in [5.41, 5.74) is 0.769. The molecule has 0 spiro atoms. The molecule has 1 aliphatic rings. The van der Waals surface area contributed by atoms with Gasteiger partial charge in [-0.25, -0.2) is 0 Å². The lowest BCUT2D eigenvalue weighted by molar-refractivity contribution is -0.0701. The number of ether oxygens (including phenoxy) is 1. The lowest BCUT2D eigenvalue weighted by Gasteiger charge is -2.34. The monoisotopic (exact) mass is 290 g/mol. The first-order valence-electron chi connectivity index (χ1n) is 6.35. The summed E-state index contributed by atoms with van der Waals surface area (Å²) in [6.07, 6.45) is -3.36. The highest BCUT2D eigenvalue weighted by Gasteiger charge is 2.37. The number of phenolic OH excluding ortho intramolecular Hbond substituents is 3. The van der Waals surface area contributed by atoms with E-state index < -0.39 is 18.3 Å². The average molecular weight is 290 g/mol. The Morgan fingerprint density at radius 2 is 1.62 bits per heavy atom. The third kappa shape index (κ3) is 2.24. The van der Waals surface area contributed by atoms with Crippen molar-refractivity contribution in [1.29, 1.82) is 0 Å². The van der Waals surface area contributed by atoms with Crippen LogP contribution in [0.25, 0.3) is 0 Å². The summed E-state index contributed by atoms with van der Waals surface area (Å²) in [7, 11) is 0. The molecule has 0 saturated heterocycles. The van der Waals surface area contributed by atoms with E-state index in [0.29, 0.717) is 11.1 Å². The molecule has 0 amide bonds. The van der Waals surface area contributed by atoms with Crippen LogP contribution in [0.5, 0.6) is 23.0 Å². The molecule has 6 heteroatoms. The number of aliphatic hydroxyl groups is 2. The predicted molar refractivity (Wildman–Crippen MR) is 72.2 cm³/mol. The summed E-state index contributed by atoms with van der Waals surface area (Å²) in [6, 6.07) is 8.21. The number of rotatable bonds is 1. The van der Waals surface area contributed by atoms with Gasteiger partial charge in [0, 0.05) is 11.6 Å². The molecule has 0 aliphatic carbocycles. The molecule has 2 aromatic carbocycles. The second kappa shape index (κ2) is 4.83. The second-order valence-electron chi connectivity index (χ2n) is 4.94. The zero-order valence-electron chi connectivity index (χ0n) is 10.8. The molecular weight excluding hydrogens is 276 g/mol. The van der Waals surface area contributed by atoms with E-state index in [1.807, 2.05) is 0 Å². The van der Waals surface area contributed by atoms with Crippen molar-refractivity contribution in [3.05, 3.63) is 47.5 Å². The summed E-state index contributed by atoms with van der Waals surface area (Å²) >= 11 is 0. The molecule has 2 aromatic rings. The number of fused-ring (bicyclic) bond motifs is 1. The number of hydrogen-bond acceptors (Lipinski definition) is 6. The van der Waals surface area contributed by atoms with Gasteiger partial charge in [-0.05, 0) is 29.8 Å². The number of aromatic hydroxyl groups is 3. The maximum absolute atomic E-state index is 10.2. The van der Waals surface area contributed by atoms with Crippen LogP contribution in [-0.2, 0) is 0 Å². The standard InChI is InChI=1S/C15H14O6/c16-8-2-3-9-12(6-8)21-15(14(20)13(9)19)7-1-4-10(17)11(18)5-7/h1-6,13-20H/t13-,14-,15-/m0/s1. The minimum Gasteiger partial charge on any atom is -0.508 e. The molecule has 0 unspecified atom stereocenters. The smallest absolute Gasteiger partial charge is 0.157 e. The van der Waals surface area contributed by atoms with E-state index >= 15 is 0 Å². The normalized spacial score (nSPS) is 24.2. The highest BCUT2D eigenvalue weighted by atomic mass is 16.5. The van der Waals surface area contributed by atoms with Crippen LogP contribution in [0, 0.1) is 0 Å². The van der Waals surface area contributed by atoms with Crippen LogP contribution >= 0.6 is 0 Å². The first-order chi connectivity index (χ1) is 9.97. The summed E-state index contributed by atoms with van der Waals surface area (Å²) in [4.78, 5) is 0. The Labute approximate surface area is 120 Å². The fourth-order valence-electron chi connectivity index (χ4n) is 2.41. The van der Waals surface area contributed by atoms with Crippen LogP contribution in [0.4, 0.5) is 0 Å². The molecular formula is C15H14O6. The fourth-order valence-corrected chi connectivity index (χ4v) is 2.41. The molecule has 0 radical (unpaired) electrons. The van der Waals surface area contributed by atoms with Crippen molar-refractivity contribution in [1.82, 2.24) is 0 Å². The first kappa shape index (κ1) is 13.5. The van der Waals surface area contributed by atoms with Crippen LogP contribution in [-0.4, -0.2) is 31.6 Å². The molecule has 5 N–H and O–H groups in total. The highest BCUT2D eigenvalue weighted by molar-refractivity contribution is 5.46. The molecule has 1 aliphatic heterocycles. The summed E-state index contributed by atoms with van der Waals surface area (Å²) in [5, 5.41) is 48.7. The van der Waals surface area contributed by atoms with Crippen molar-refractivity contribution in [2.45, 2.75) is 18.3 Å². The van der Waals surface area contributed by atoms with Crippen molar-refractivity contribution in [3.63, 3.8) is 0 Å². The van der Waals surface area contributed by atoms with Crippen LogP contribution in [0.3, 0.4) is 0 Å². The van der Waals surface area contributed by atoms with Gasteiger partial charge in [-0.1, -0.05) is 6.07 Å². The van der Waals surface area contributed by atoms with Crippen LogP contribution in [0.2, 0.25) is 0 Å². The van der Waals surface area contributed by atoms with E-state index in [2.05, 4.69) is 0 Å². The van der Waals surface area contributed by atoms with E-state index in [4.69, 9.17) is 4.74 Å². The Bertz CT molecular complexity index is 684. The number of phenols is 3. The van der Waals surface area contributed by atoms with Gasteiger partial charge in [0.05, 0.1) is 0 Å². The maximum Gasteiger partial charge on any atom is 0.157 e. The van der Waals surface area contributed by atoms with Crippen LogP contribution < -0.4 is 4.74 Å². The van der Waals surface area contributed by atoms with Crippen molar-refractivity contribution in [3.8, 4) is 23.0 Å². The van der Waals surface area contributed by atoms with E-state index in [1.165, 1.54) is 36.4 Å². The Morgan fingerprint density at radius 3 is 2.33 bits per heavy atom. The molecule has 3 atom stereocenters. The highest BCUT2D eigenvalue weighted by Crippen LogP contribution is 2.43. The van der Waals surface area contributed by atoms with Crippen molar-refractivity contribution in [2.24, 2.45) is 0 Å². The zero-order chi connectivity index (χ0) is 15.1. The molecule has 3 rings (SSSR count). The Kier molecular flexibility index (Phi) is 3.12. The third-order valence-electron chi connectivity index (χ3n) is 3.53. The average Bonchev–Trinajstić information content (AvgIpc) is 2.45. The summed E-state index contributed by atoms with van der Waals surface area (Å²) in [6.45, 7) is 0. The topological polar surface area (TPSA) is 110 Å². The first-order valence-corrected chi connectivity index (χ1v) is 6.35. The molecule has 0 saturated carbocycles. The van der Waals surface area contributed by atoms with Gasteiger partial charge in [0.25, 0.3) is 0 Å². The molecule has 21 heavy (non-hydrogen) atoms. The van der Waals surface area contributed by atoms with Crippen LogP contribution in [0.15, 0.2) is 36.4 Å². The van der Waals surface area contributed by atoms with Crippen LogP contribution in [0.1, 0.15) is 23.3 Å². The van der Waals surface area contributed by atoms with E-state index in [1.54, 1.807) is 0 Å². The summed E-state index contributed by atoms with van der Waals surface area (Å²) < 4.78 is 5.61. The predicted octanol–water partition coefficient (Wildman–Crippen LogP) is 1.33. The SMILES string of the molecule is Oc1ccc2c(c1)O[C@@H](c1ccc(O)c(O)c1)[C@@H](O)[C@H]2O. The van der Waals surface area contributed by atoms with Gasteiger partial charge < -0.3 is 30.3 Å². The van der Waals surface area contributed by atoms with Gasteiger partial charge in [0.15, 0.2) is 17.6 Å². The van der Waals surface area contributed by atoms with E-state index in [0.717, 1.165) is 0 Å². The van der Waals surface area contributed by atoms with E-state index in [9.17, 15) is 25.5 Å². The molecule has 110 valence electrons. The molecule has 1 heterocycles. The van der Waals surface area contributed by atoms with Gasteiger partial charge in [0.1, 0.15) is 23.7 Å². The molecule has 0 fully saturated rings. The molecule has 0 aromatic heterocycles. The van der Waals surface area contributed by atoms with Gasteiger partial charge in [-0.3, -0.25) is 0 Å². The Balaban J connectivity index is 2.02. The minimum absolute atomic E-state index is 0.0235. The maximum atomic E-state index is 10.2. The largest absolute Gasteiger partial charge is 0.508 e. The number of hydrogen-bond donors (Lipinski definition) is 5. The second-order valence-corrected chi connectivity index (χ2v) is 4.94. The lowest BCUT2D eigenvalue weighted by Crippen LogP contribution is -2.34. The molecule has 0 bridgehead atoms. The van der Waals surface area contributed by atoms with Crippen molar-refractivity contribution >= 4 is 0 Å². The fraction of sp³-hybridized carbons (Fsp3) is 0.200. The number of benzene rings is 2. The van der Waals surface area contributed by atoms with Gasteiger partial charge in [-0.15, -0.1) is 0 Å². The third-order valence-corrected chi connectivity index (χ3v) is 3.53. The van der Waals surface area contributed by atoms with Gasteiger partial charge in [-0.2, -0.15) is 0 Å². The van der Waals surface area contributed by atoms with Crippen molar-refractivity contribution in [2.75, 3.05) is 0 Å². The van der Waals surface area contributed by atoms with Crippen molar-refractivity contribution < 1.29 is 30.3 Å². The van der Waals surface area contributed by atoms with Gasteiger partial charge >= 0.3 is 0 Å². The summed E-state index contributed by atoms with van der Waals surface area (Å²) in [5.74, 6) is -0.405.